The SMILES string of the molecule is CC1(C(=O)O)CCCN(C(=O)COC2CCCC2)C1. The molecule has 5 nitrogen and oxygen atoms in total. The van der Waals surface area contributed by atoms with Crippen molar-refractivity contribution >= 4 is 11.9 Å². The summed E-state index contributed by atoms with van der Waals surface area (Å²) in [6.07, 6.45) is 6.05. The molecule has 5 heteroatoms. The maximum absolute atomic E-state index is 12.1. The molecule has 108 valence electrons. The molecule has 1 saturated heterocycles. The third kappa shape index (κ3) is 3.47. The van der Waals surface area contributed by atoms with Gasteiger partial charge in [0, 0.05) is 13.1 Å². The summed E-state index contributed by atoms with van der Waals surface area (Å²) in [7, 11) is 0. The molecule has 0 bridgehead atoms. The van der Waals surface area contributed by atoms with Gasteiger partial charge in [-0.25, -0.2) is 0 Å². The molecule has 1 aliphatic heterocycles. The number of hydrogen-bond donors (Lipinski definition) is 1. The van der Waals surface area contributed by atoms with Gasteiger partial charge < -0.3 is 14.7 Å². The minimum atomic E-state index is -0.818. The van der Waals surface area contributed by atoms with Gasteiger partial charge in [-0.05, 0) is 32.6 Å². The number of ether oxygens (including phenoxy) is 1. The van der Waals surface area contributed by atoms with E-state index >= 15 is 0 Å². The second-order valence-corrected chi connectivity index (χ2v) is 6.00. The van der Waals surface area contributed by atoms with Gasteiger partial charge in [-0.2, -0.15) is 0 Å². The molecule has 2 rings (SSSR count). The first-order chi connectivity index (χ1) is 9.01. The predicted octanol–water partition coefficient (Wildman–Crippen LogP) is 1.66. The van der Waals surface area contributed by atoms with Crippen LogP contribution < -0.4 is 0 Å². The van der Waals surface area contributed by atoms with Crippen molar-refractivity contribution in [2.24, 2.45) is 5.41 Å². The summed E-state index contributed by atoms with van der Waals surface area (Å²) in [5.41, 5.74) is -0.804. The quantitative estimate of drug-likeness (QED) is 0.843. The number of likely N-dealkylation sites (tertiary alicyclic amines) is 1. The minimum absolute atomic E-state index is 0.0703. The molecule has 19 heavy (non-hydrogen) atoms. The highest BCUT2D eigenvalue weighted by Gasteiger charge is 2.39. The summed E-state index contributed by atoms with van der Waals surface area (Å²) in [5.74, 6) is -0.888. The molecule has 2 aliphatic rings. The number of carboxylic acid groups (broad SMARTS) is 1. The van der Waals surface area contributed by atoms with E-state index in [1.807, 2.05) is 0 Å². The maximum atomic E-state index is 12.1. The molecular weight excluding hydrogens is 246 g/mol. The minimum Gasteiger partial charge on any atom is -0.481 e. The van der Waals surface area contributed by atoms with Gasteiger partial charge in [0.1, 0.15) is 6.61 Å². The van der Waals surface area contributed by atoms with Crippen molar-refractivity contribution in [2.45, 2.75) is 51.6 Å². The normalized spacial score (nSPS) is 28.6. The number of amides is 1. The molecule has 1 amide bonds. The fourth-order valence-electron chi connectivity index (χ4n) is 2.96. The van der Waals surface area contributed by atoms with Gasteiger partial charge in [0.05, 0.1) is 11.5 Å². The Labute approximate surface area is 113 Å². The van der Waals surface area contributed by atoms with Crippen molar-refractivity contribution in [2.75, 3.05) is 19.7 Å². The molecule has 2 fully saturated rings. The predicted molar refractivity (Wildman–Crippen MR) is 69.8 cm³/mol. The molecular formula is C14H23NO4. The summed E-state index contributed by atoms with van der Waals surface area (Å²) in [6.45, 7) is 2.76. The Morgan fingerprint density at radius 3 is 2.63 bits per heavy atom. The highest BCUT2D eigenvalue weighted by atomic mass is 16.5. The largest absolute Gasteiger partial charge is 0.481 e. The Morgan fingerprint density at radius 1 is 1.32 bits per heavy atom. The lowest BCUT2D eigenvalue weighted by molar-refractivity contribution is -0.155. The number of rotatable bonds is 4. The van der Waals surface area contributed by atoms with Gasteiger partial charge in [0.2, 0.25) is 5.91 Å². The van der Waals surface area contributed by atoms with E-state index in [1.54, 1.807) is 11.8 Å². The molecule has 0 aromatic rings. The van der Waals surface area contributed by atoms with Crippen LogP contribution in [-0.2, 0) is 14.3 Å². The molecule has 1 unspecified atom stereocenters. The van der Waals surface area contributed by atoms with E-state index in [2.05, 4.69) is 0 Å². The average molecular weight is 269 g/mol. The number of piperidine rings is 1. The Morgan fingerprint density at radius 2 is 2.00 bits per heavy atom. The number of carbonyl (C=O) groups excluding carboxylic acids is 1. The van der Waals surface area contributed by atoms with Gasteiger partial charge in [-0.15, -0.1) is 0 Å². The summed E-state index contributed by atoms with van der Waals surface area (Å²) in [5, 5.41) is 9.23. The van der Waals surface area contributed by atoms with E-state index in [-0.39, 0.29) is 18.6 Å². The monoisotopic (exact) mass is 269 g/mol. The standard InChI is InChI=1S/C14H23NO4/c1-14(13(17)18)7-4-8-15(10-14)12(16)9-19-11-5-2-3-6-11/h11H,2-10H2,1H3,(H,17,18). The van der Waals surface area contributed by atoms with Gasteiger partial charge in [0.25, 0.3) is 0 Å². The number of nitrogens with zero attached hydrogens (tertiary/aromatic N) is 1. The molecule has 0 spiro atoms. The Bertz CT molecular complexity index is 351. The van der Waals surface area contributed by atoms with Crippen LogP contribution in [0.2, 0.25) is 0 Å². The van der Waals surface area contributed by atoms with Crippen LogP contribution in [0.15, 0.2) is 0 Å². The topological polar surface area (TPSA) is 66.8 Å². The highest BCUT2D eigenvalue weighted by Crippen LogP contribution is 2.30. The first-order valence-electron chi connectivity index (χ1n) is 7.14. The molecule has 1 N–H and O–H groups in total. The van der Waals surface area contributed by atoms with Crippen LogP contribution >= 0.6 is 0 Å². The first kappa shape index (κ1) is 14.3. The second kappa shape index (κ2) is 5.90. The Balaban J connectivity index is 1.83. The van der Waals surface area contributed by atoms with Gasteiger partial charge in [-0.1, -0.05) is 12.8 Å². The third-order valence-electron chi connectivity index (χ3n) is 4.31. The third-order valence-corrected chi connectivity index (χ3v) is 4.31. The lowest BCUT2D eigenvalue weighted by Crippen LogP contribution is -2.49. The first-order valence-corrected chi connectivity index (χ1v) is 7.14. The van der Waals surface area contributed by atoms with Crippen LogP contribution in [0.5, 0.6) is 0 Å². The fourth-order valence-corrected chi connectivity index (χ4v) is 2.96. The van der Waals surface area contributed by atoms with E-state index < -0.39 is 11.4 Å². The van der Waals surface area contributed by atoms with Crippen LogP contribution in [0.1, 0.15) is 45.4 Å². The van der Waals surface area contributed by atoms with Crippen LogP contribution in [0, 0.1) is 5.41 Å². The van der Waals surface area contributed by atoms with Crippen molar-refractivity contribution in [3.63, 3.8) is 0 Å². The number of aliphatic carboxylic acids is 1. The number of carbonyl (C=O) groups is 2. The van der Waals surface area contributed by atoms with Crippen molar-refractivity contribution in [1.29, 1.82) is 0 Å². The molecule has 1 heterocycles. The molecule has 0 aromatic heterocycles. The van der Waals surface area contributed by atoms with E-state index in [0.717, 1.165) is 19.3 Å². The van der Waals surface area contributed by atoms with Crippen molar-refractivity contribution < 1.29 is 19.4 Å². The van der Waals surface area contributed by atoms with Gasteiger partial charge in [-0.3, -0.25) is 9.59 Å². The average Bonchev–Trinajstić information content (AvgIpc) is 2.89. The maximum Gasteiger partial charge on any atom is 0.311 e. The van der Waals surface area contributed by atoms with E-state index in [1.165, 1.54) is 12.8 Å². The van der Waals surface area contributed by atoms with Crippen LogP contribution in [0.25, 0.3) is 0 Å². The smallest absolute Gasteiger partial charge is 0.311 e. The lowest BCUT2D eigenvalue weighted by Gasteiger charge is -2.37. The summed E-state index contributed by atoms with van der Waals surface area (Å²) >= 11 is 0. The lowest BCUT2D eigenvalue weighted by atomic mass is 9.82. The van der Waals surface area contributed by atoms with Crippen LogP contribution in [-0.4, -0.2) is 47.7 Å². The summed E-state index contributed by atoms with van der Waals surface area (Å²) in [4.78, 5) is 25.0. The number of carboxylic acids is 1. The zero-order valence-corrected chi connectivity index (χ0v) is 11.6. The highest BCUT2D eigenvalue weighted by molar-refractivity contribution is 5.80. The molecule has 0 aromatic carbocycles. The van der Waals surface area contributed by atoms with E-state index in [9.17, 15) is 14.7 Å². The number of hydrogen-bond acceptors (Lipinski definition) is 3. The Kier molecular flexibility index (Phi) is 4.45. The summed E-state index contributed by atoms with van der Waals surface area (Å²) in [6, 6.07) is 0. The van der Waals surface area contributed by atoms with E-state index in [4.69, 9.17) is 4.74 Å². The molecule has 0 radical (unpaired) electrons. The van der Waals surface area contributed by atoms with Crippen molar-refractivity contribution in [3.8, 4) is 0 Å². The van der Waals surface area contributed by atoms with Crippen LogP contribution in [0.3, 0.4) is 0 Å². The van der Waals surface area contributed by atoms with Crippen LogP contribution in [0.4, 0.5) is 0 Å². The van der Waals surface area contributed by atoms with Crippen molar-refractivity contribution in [3.05, 3.63) is 0 Å². The molecule has 1 saturated carbocycles. The second-order valence-electron chi connectivity index (χ2n) is 6.00. The zero-order valence-electron chi connectivity index (χ0n) is 11.6. The fraction of sp³-hybridized carbons (Fsp3) is 0.857. The van der Waals surface area contributed by atoms with E-state index in [0.29, 0.717) is 19.5 Å². The Hall–Kier alpha value is -1.10. The molecule has 1 aliphatic carbocycles. The molecule has 1 atom stereocenters. The zero-order chi connectivity index (χ0) is 13.9. The van der Waals surface area contributed by atoms with Gasteiger partial charge in [0.15, 0.2) is 0 Å². The van der Waals surface area contributed by atoms with Crippen molar-refractivity contribution in [1.82, 2.24) is 4.90 Å². The van der Waals surface area contributed by atoms with Gasteiger partial charge >= 0.3 is 5.97 Å². The summed E-state index contributed by atoms with van der Waals surface area (Å²) < 4.78 is 5.61.